The number of nitrogens with zero attached hydrogens (tertiary/aromatic N) is 3. The summed E-state index contributed by atoms with van der Waals surface area (Å²) in [5.74, 6) is 1.75. The van der Waals surface area contributed by atoms with Crippen LogP contribution >= 0.6 is 23.1 Å². The average molecular weight is 303 g/mol. The Morgan fingerprint density at radius 3 is 3.25 bits per heavy atom. The Hall–Kier alpha value is -1.12. The van der Waals surface area contributed by atoms with E-state index < -0.39 is 0 Å². The normalized spacial score (nSPS) is 17.9. The first-order valence-corrected chi connectivity index (χ1v) is 8.84. The average Bonchev–Trinajstić information content (AvgIpc) is 2.81. The van der Waals surface area contributed by atoms with Gasteiger partial charge in [0.2, 0.25) is 0 Å². The molecule has 1 aliphatic carbocycles. The number of thiophene rings is 1. The summed E-state index contributed by atoms with van der Waals surface area (Å²) >= 11 is 3.62. The van der Waals surface area contributed by atoms with Gasteiger partial charge in [-0.2, -0.15) is 5.26 Å². The predicted molar refractivity (Wildman–Crippen MR) is 84.2 cm³/mol. The zero-order chi connectivity index (χ0) is 13.9. The lowest BCUT2D eigenvalue weighted by molar-refractivity contribution is 0.509. The van der Waals surface area contributed by atoms with Gasteiger partial charge in [-0.15, -0.1) is 23.1 Å². The van der Waals surface area contributed by atoms with Crippen LogP contribution < -0.4 is 0 Å². The standard InChI is InChI=1S/C15H17N3S2/c1-10-4-5-11-12(8-10)20-15-13(11)14(17-9-18-15)19-7-3-2-6-16/h9-10H,2-5,7-8H2,1H3. The molecule has 0 radical (unpaired) electrons. The minimum Gasteiger partial charge on any atom is -0.229 e. The topological polar surface area (TPSA) is 49.6 Å². The van der Waals surface area contributed by atoms with Crippen LogP contribution in [-0.2, 0) is 12.8 Å². The second kappa shape index (κ2) is 6.11. The molecule has 0 saturated heterocycles. The molecular formula is C15H17N3S2. The molecular weight excluding hydrogens is 286 g/mol. The van der Waals surface area contributed by atoms with E-state index in [1.54, 1.807) is 18.1 Å². The van der Waals surface area contributed by atoms with E-state index in [0.29, 0.717) is 6.42 Å². The van der Waals surface area contributed by atoms with Gasteiger partial charge in [0, 0.05) is 22.4 Å². The minimum absolute atomic E-state index is 0.625. The van der Waals surface area contributed by atoms with E-state index in [1.807, 2.05) is 11.3 Å². The molecule has 2 aromatic heterocycles. The number of aromatic nitrogens is 2. The highest BCUT2D eigenvalue weighted by atomic mass is 32.2. The van der Waals surface area contributed by atoms with Gasteiger partial charge >= 0.3 is 0 Å². The van der Waals surface area contributed by atoms with Crippen molar-refractivity contribution in [1.29, 1.82) is 5.26 Å². The molecule has 3 nitrogen and oxygen atoms in total. The first-order chi connectivity index (χ1) is 9.79. The van der Waals surface area contributed by atoms with Gasteiger partial charge in [0.15, 0.2) is 0 Å². The van der Waals surface area contributed by atoms with Crippen LogP contribution in [0.2, 0.25) is 0 Å². The fourth-order valence-corrected chi connectivity index (χ4v) is 5.06. The Bertz CT molecular complexity index is 657. The van der Waals surface area contributed by atoms with Gasteiger partial charge in [-0.25, -0.2) is 9.97 Å². The molecule has 0 aromatic carbocycles. The fraction of sp³-hybridized carbons (Fsp3) is 0.533. The highest BCUT2D eigenvalue weighted by Crippen LogP contribution is 2.40. The summed E-state index contributed by atoms with van der Waals surface area (Å²) < 4.78 is 0. The van der Waals surface area contributed by atoms with Crippen LogP contribution in [0, 0.1) is 17.2 Å². The Labute approximate surface area is 127 Å². The summed E-state index contributed by atoms with van der Waals surface area (Å²) in [6, 6.07) is 2.20. The Kier molecular flexibility index (Phi) is 4.23. The van der Waals surface area contributed by atoms with Crippen molar-refractivity contribution in [3.8, 4) is 6.07 Å². The third-order valence-electron chi connectivity index (χ3n) is 3.73. The summed E-state index contributed by atoms with van der Waals surface area (Å²) in [5, 5.41) is 11.0. The van der Waals surface area contributed by atoms with Crippen LogP contribution in [0.5, 0.6) is 0 Å². The molecule has 0 bridgehead atoms. The van der Waals surface area contributed by atoms with Gasteiger partial charge in [0.25, 0.3) is 0 Å². The first-order valence-electron chi connectivity index (χ1n) is 7.04. The first kappa shape index (κ1) is 13.8. The Morgan fingerprint density at radius 1 is 1.50 bits per heavy atom. The highest BCUT2D eigenvalue weighted by molar-refractivity contribution is 7.99. The molecule has 0 spiro atoms. The molecule has 1 atom stereocenters. The van der Waals surface area contributed by atoms with Crippen molar-refractivity contribution in [2.24, 2.45) is 5.92 Å². The van der Waals surface area contributed by atoms with Gasteiger partial charge in [-0.1, -0.05) is 6.92 Å². The van der Waals surface area contributed by atoms with Gasteiger partial charge in [0.1, 0.15) is 16.2 Å². The second-order valence-corrected chi connectivity index (χ2v) is 7.49. The van der Waals surface area contributed by atoms with E-state index in [1.165, 1.54) is 28.7 Å². The summed E-state index contributed by atoms with van der Waals surface area (Å²) in [6.07, 6.45) is 6.85. The number of hydrogen-bond acceptors (Lipinski definition) is 5. The maximum absolute atomic E-state index is 8.60. The molecule has 1 aliphatic rings. The Morgan fingerprint density at radius 2 is 2.40 bits per heavy atom. The van der Waals surface area contributed by atoms with E-state index in [9.17, 15) is 0 Å². The van der Waals surface area contributed by atoms with E-state index in [0.717, 1.165) is 34.4 Å². The maximum Gasteiger partial charge on any atom is 0.128 e. The molecule has 0 aliphatic heterocycles. The van der Waals surface area contributed by atoms with Crippen molar-refractivity contribution in [3.05, 3.63) is 16.8 Å². The fourth-order valence-electron chi connectivity index (χ4n) is 2.68. The van der Waals surface area contributed by atoms with Crippen LogP contribution in [0.1, 0.15) is 36.6 Å². The van der Waals surface area contributed by atoms with E-state index in [4.69, 9.17) is 5.26 Å². The summed E-state index contributed by atoms with van der Waals surface area (Å²) in [5.41, 5.74) is 1.49. The van der Waals surface area contributed by atoms with Crippen molar-refractivity contribution in [3.63, 3.8) is 0 Å². The molecule has 2 aromatic rings. The molecule has 20 heavy (non-hydrogen) atoms. The van der Waals surface area contributed by atoms with Gasteiger partial charge in [0.05, 0.1) is 6.07 Å². The number of hydrogen-bond donors (Lipinski definition) is 0. The van der Waals surface area contributed by atoms with Gasteiger partial charge in [-0.3, -0.25) is 0 Å². The van der Waals surface area contributed by atoms with Crippen molar-refractivity contribution in [1.82, 2.24) is 9.97 Å². The quantitative estimate of drug-likeness (QED) is 0.482. The lowest BCUT2D eigenvalue weighted by Gasteiger charge is -2.18. The summed E-state index contributed by atoms with van der Waals surface area (Å²) in [4.78, 5) is 11.6. The number of nitriles is 1. The molecule has 3 rings (SSSR count). The molecule has 1 unspecified atom stereocenters. The van der Waals surface area contributed by atoms with Gasteiger partial charge < -0.3 is 0 Å². The summed E-state index contributed by atoms with van der Waals surface area (Å²) in [6.45, 7) is 2.33. The van der Waals surface area contributed by atoms with E-state index in [2.05, 4.69) is 23.0 Å². The molecule has 104 valence electrons. The van der Waals surface area contributed by atoms with Crippen LogP contribution in [0.25, 0.3) is 10.2 Å². The molecule has 2 heterocycles. The van der Waals surface area contributed by atoms with Crippen molar-refractivity contribution in [2.75, 3.05) is 5.75 Å². The lowest BCUT2D eigenvalue weighted by Crippen LogP contribution is -2.08. The Balaban J connectivity index is 1.91. The molecule has 0 saturated carbocycles. The van der Waals surface area contributed by atoms with E-state index >= 15 is 0 Å². The molecule has 0 N–H and O–H groups in total. The number of unbranched alkanes of at least 4 members (excludes halogenated alkanes) is 1. The largest absolute Gasteiger partial charge is 0.229 e. The van der Waals surface area contributed by atoms with Gasteiger partial charge in [-0.05, 0) is 37.2 Å². The molecule has 5 heteroatoms. The monoisotopic (exact) mass is 303 g/mol. The summed E-state index contributed by atoms with van der Waals surface area (Å²) in [7, 11) is 0. The number of aryl methyl sites for hydroxylation is 1. The third-order valence-corrected chi connectivity index (χ3v) is 5.97. The van der Waals surface area contributed by atoms with E-state index in [-0.39, 0.29) is 0 Å². The highest BCUT2D eigenvalue weighted by Gasteiger charge is 2.22. The minimum atomic E-state index is 0.625. The lowest BCUT2D eigenvalue weighted by atomic mass is 9.89. The zero-order valence-corrected chi connectivity index (χ0v) is 13.2. The predicted octanol–water partition coefficient (Wildman–Crippen LogP) is 4.21. The number of thioether (sulfide) groups is 1. The maximum atomic E-state index is 8.60. The third kappa shape index (κ3) is 2.68. The van der Waals surface area contributed by atoms with Crippen molar-refractivity contribution >= 4 is 33.3 Å². The van der Waals surface area contributed by atoms with Crippen LogP contribution in [0.4, 0.5) is 0 Å². The number of rotatable bonds is 4. The van der Waals surface area contributed by atoms with Crippen LogP contribution in [-0.4, -0.2) is 15.7 Å². The smallest absolute Gasteiger partial charge is 0.128 e. The van der Waals surface area contributed by atoms with Crippen molar-refractivity contribution in [2.45, 2.75) is 44.1 Å². The van der Waals surface area contributed by atoms with Crippen LogP contribution in [0.3, 0.4) is 0 Å². The zero-order valence-electron chi connectivity index (χ0n) is 11.6. The molecule has 0 fully saturated rings. The number of fused-ring (bicyclic) bond motifs is 3. The molecule has 0 amide bonds. The van der Waals surface area contributed by atoms with Crippen molar-refractivity contribution < 1.29 is 0 Å². The SMILES string of the molecule is CC1CCc2c(sc3ncnc(SCCCC#N)c23)C1. The second-order valence-electron chi connectivity index (χ2n) is 5.32. The van der Waals surface area contributed by atoms with Crippen LogP contribution in [0.15, 0.2) is 11.4 Å².